The molecule has 0 spiro atoms. The molecule has 0 N–H and O–H groups in total. The van der Waals surface area contributed by atoms with E-state index < -0.39 is 5.97 Å². The molecule has 0 aliphatic rings. The molecule has 0 heterocycles. The predicted molar refractivity (Wildman–Crippen MR) is 87.2 cm³/mol. The zero-order valence-electron chi connectivity index (χ0n) is 11.6. The van der Waals surface area contributed by atoms with Crippen molar-refractivity contribution in [2.75, 3.05) is 13.2 Å². The van der Waals surface area contributed by atoms with Gasteiger partial charge in [-0.1, -0.05) is 36.4 Å². The highest BCUT2D eigenvalue weighted by Gasteiger charge is 2.15. The Labute approximate surface area is 136 Å². The van der Waals surface area contributed by atoms with Crippen LogP contribution in [0.3, 0.4) is 0 Å². The van der Waals surface area contributed by atoms with Crippen molar-refractivity contribution in [2.24, 2.45) is 0 Å². The highest BCUT2D eigenvalue weighted by molar-refractivity contribution is 9.11. The van der Waals surface area contributed by atoms with Crippen molar-refractivity contribution in [3.63, 3.8) is 0 Å². The summed E-state index contributed by atoms with van der Waals surface area (Å²) >= 11 is 7.00. The van der Waals surface area contributed by atoms with Gasteiger partial charge in [0.1, 0.15) is 19.0 Å². The Kier molecular flexibility index (Phi) is 7.30. The van der Waals surface area contributed by atoms with Gasteiger partial charge < -0.3 is 9.47 Å². The fraction of sp³-hybridized carbons (Fsp3) is 0.400. The molecule has 0 radical (unpaired) electrons. The highest BCUT2D eigenvalue weighted by Crippen LogP contribution is 2.38. The Balaban J connectivity index is 2.77. The third kappa shape index (κ3) is 4.94. The minimum atomic E-state index is -0.439. The number of carbonyl (C=O) groups is 1. The van der Waals surface area contributed by atoms with E-state index in [1.165, 1.54) is 0 Å². The number of hydrogen-bond acceptors (Lipinski definition) is 3. The zero-order chi connectivity index (χ0) is 15.1. The van der Waals surface area contributed by atoms with Gasteiger partial charge in [0.25, 0.3) is 0 Å². The van der Waals surface area contributed by atoms with E-state index in [4.69, 9.17) is 9.47 Å². The molecule has 0 aliphatic heterocycles. The lowest BCUT2D eigenvalue weighted by molar-refractivity contribution is -0.138. The molecule has 1 unspecified atom stereocenters. The van der Waals surface area contributed by atoms with Crippen LogP contribution in [0.5, 0.6) is 5.75 Å². The van der Waals surface area contributed by atoms with E-state index >= 15 is 0 Å². The first kappa shape index (κ1) is 17.2. The van der Waals surface area contributed by atoms with Crippen LogP contribution >= 0.6 is 31.9 Å². The van der Waals surface area contributed by atoms with Crippen LogP contribution in [0.4, 0.5) is 0 Å². The molecule has 1 aromatic rings. The van der Waals surface area contributed by atoms with Crippen molar-refractivity contribution in [1.29, 1.82) is 0 Å². The van der Waals surface area contributed by atoms with E-state index in [9.17, 15) is 4.79 Å². The van der Waals surface area contributed by atoms with Crippen molar-refractivity contribution >= 4 is 37.8 Å². The van der Waals surface area contributed by atoms with Crippen molar-refractivity contribution in [3.8, 4) is 5.75 Å². The summed E-state index contributed by atoms with van der Waals surface area (Å²) in [5.41, 5.74) is 1.13. The minimum Gasteiger partial charge on any atom is -0.489 e. The van der Waals surface area contributed by atoms with E-state index in [0.29, 0.717) is 12.5 Å². The van der Waals surface area contributed by atoms with E-state index in [1.54, 1.807) is 0 Å². The molecular formula is C15H18Br2O3. The smallest absolute Gasteiger partial charge is 0.330 e. The number of rotatable bonds is 7. The maximum Gasteiger partial charge on any atom is 0.330 e. The van der Waals surface area contributed by atoms with Gasteiger partial charge in [0.2, 0.25) is 0 Å². The third-order valence-electron chi connectivity index (χ3n) is 2.92. The summed E-state index contributed by atoms with van der Waals surface area (Å²) in [6, 6.07) is 4.00. The number of halogens is 2. The first-order chi connectivity index (χ1) is 9.49. The fourth-order valence-corrected chi connectivity index (χ4v) is 3.04. The van der Waals surface area contributed by atoms with Gasteiger partial charge in [0.15, 0.2) is 0 Å². The highest BCUT2D eigenvalue weighted by atomic mass is 79.9. The van der Waals surface area contributed by atoms with Crippen LogP contribution < -0.4 is 4.74 Å². The number of carbonyl (C=O) groups excluding carboxylic acids is 1. The predicted octanol–water partition coefficient (Wildman–Crippen LogP) is 4.83. The molecule has 0 bridgehead atoms. The SMILES string of the molecule is C=CC(=O)OCCOc1c(Br)cc(Br)cc1C(C)CC. The number of esters is 1. The fourth-order valence-electron chi connectivity index (χ4n) is 1.66. The van der Waals surface area contributed by atoms with Gasteiger partial charge in [-0.25, -0.2) is 4.79 Å². The topological polar surface area (TPSA) is 35.5 Å². The number of benzene rings is 1. The minimum absolute atomic E-state index is 0.202. The Hall–Kier alpha value is -0.810. The van der Waals surface area contributed by atoms with Gasteiger partial charge in [0, 0.05) is 10.5 Å². The van der Waals surface area contributed by atoms with Gasteiger partial charge in [-0.3, -0.25) is 0 Å². The largest absolute Gasteiger partial charge is 0.489 e. The van der Waals surface area contributed by atoms with Crippen LogP contribution in [0.1, 0.15) is 31.7 Å². The van der Waals surface area contributed by atoms with E-state index in [-0.39, 0.29) is 6.61 Å². The third-order valence-corrected chi connectivity index (χ3v) is 3.97. The molecule has 0 aliphatic carbocycles. The summed E-state index contributed by atoms with van der Waals surface area (Å²) < 4.78 is 12.5. The second-order valence-electron chi connectivity index (χ2n) is 4.34. The Morgan fingerprint density at radius 3 is 2.70 bits per heavy atom. The molecule has 3 nitrogen and oxygen atoms in total. The maximum absolute atomic E-state index is 10.9. The molecule has 110 valence electrons. The van der Waals surface area contributed by atoms with Crippen LogP contribution in [0, 0.1) is 0 Å². The number of hydrogen-bond donors (Lipinski definition) is 0. The molecule has 0 saturated heterocycles. The monoisotopic (exact) mass is 404 g/mol. The molecule has 0 saturated carbocycles. The molecule has 0 fully saturated rings. The van der Waals surface area contributed by atoms with Crippen LogP contribution in [0.2, 0.25) is 0 Å². The molecule has 20 heavy (non-hydrogen) atoms. The average molecular weight is 406 g/mol. The van der Waals surface area contributed by atoms with Crippen molar-refractivity contribution < 1.29 is 14.3 Å². The summed E-state index contributed by atoms with van der Waals surface area (Å²) in [4.78, 5) is 10.9. The average Bonchev–Trinajstić information content (AvgIpc) is 2.43. The molecule has 0 amide bonds. The summed E-state index contributed by atoms with van der Waals surface area (Å²) in [6.45, 7) is 8.14. The lowest BCUT2D eigenvalue weighted by atomic mass is 9.98. The molecule has 1 aromatic carbocycles. The second kappa shape index (κ2) is 8.47. The van der Waals surface area contributed by atoms with E-state index in [1.807, 2.05) is 6.07 Å². The summed E-state index contributed by atoms with van der Waals surface area (Å²) in [5, 5.41) is 0. The van der Waals surface area contributed by atoms with Crippen LogP contribution in [0.15, 0.2) is 33.7 Å². The molecule has 5 heteroatoms. The first-order valence-electron chi connectivity index (χ1n) is 6.40. The summed E-state index contributed by atoms with van der Waals surface area (Å²) in [7, 11) is 0. The molecular weight excluding hydrogens is 388 g/mol. The van der Waals surface area contributed by atoms with Gasteiger partial charge >= 0.3 is 5.97 Å². The summed E-state index contributed by atoms with van der Waals surface area (Å²) in [6.07, 6.45) is 2.16. The standard InChI is InChI=1S/C15H18Br2O3/c1-4-10(3)12-8-11(16)9-13(17)15(12)20-7-6-19-14(18)5-2/h5,8-10H,2,4,6-7H2,1,3H3. The molecule has 0 aromatic heterocycles. The normalized spacial score (nSPS) is 11.8. The molecule has 1 atom stereocenters. The van der Waals surface area contributed by atoms with Gasteiger partial charge in [-0.15, -0.1) is 0 Å². The Morgan fingerprint density at radius 1 is 1.40 bits per heavy atom. The molecule has 1 rings (SSSR count). The zero-order valence-corrected chi connectivity index (χ0v) is 14.8. The quantitative estimate of drug-likeness (QED) is 0.370. The van der Waals surface area contributed by atoms with Crippen molar-refractivity contribution in [3.05, 3.63) is 39.3 Å². The van der Waals surface area contributed by atoms with E-state index in [2.05, 4.69) is 58.4 Å². The Morgan fingerprint density at radius 2 is 2.10 bits per heavy atom. The van der Waals surface area contributed by atoms with Gasteiger partial charge in [-0.2, -0.15) is 0 Å². The second-order valence-corrected chi connectivity index (χ2v) is 6.11. The van der Waals surface area contributed by atoms with Crippen LogP contribution in [-0.2, 0) is 9.53 Å². The number of ether oxygens (including phenoxy) is 2. The van der Waals surface area contributed by atoms with Crippen molar-refractivity contribution in [2.45, 2.75) is 26.2 Å². The Bertz CT molecular complexity index is 486. The van der Waals surface area contributed by atoms with Gasteiger partial charge in [0.05, 0.1) is 4.47 Å². The van der Waals surface area contributed by atoms with Crippen molar-refractivity contribution in [1.82, 2.24) is 0 Å². The first-order valence-corrected chi connectivity index (χ1v) is 7.99. The summed E-state index contributed by atoms with van der Waals surface area (Å²) in [5.74, 6) is 0.748. The van der Waals surface area contributed by atoms with Crippen LogP contribution in [0.25, 0.3) is 0 Å². The lowest BCUT2D eigenvalue weighted by Gasteiger charge is -2.18. The lowest BCUT2D eigenvalue weighted by Crippen LogP contribution is -2.11. The maximum atomic E-state index is 10.9. The van der Waals surface area contributed by atoms with Crippen LogP contribution in [-0.4, -0.2) is 19.2 Å². The van der Waals surface area contributed by atoms with Gasteiger partial charge in [-0.05, 0) is 46.0 Å². The van der Waals surface area contributed by atoms with E-state index in [0.717, 1.165) is 32.8 Å².